The number of piperazine rings is 1. The van der Waals surface area contributed by atoms with Gasteiger partial charge in [-0.15, -0.1) is 0 Å². The summed E-state index contributed by atoms with van der Waals surface area (Å²) in [6.45, 7) is 3.85. The Morgan fingerprint density at radius 2 is 1.52 bits per heavy atom. The summed E-state index contributed by atoms with van der Waals surface area (Å²) in [5, 5.41) is 0. The molecule has 5 nitrogen and oxygen atoms in total. The highest BCUT2D eigenvalue weighted by Gasteiger charge is 2.31. The van der Waals surface area contributed by atoms with Crippen LogP contribution in [0.5, 0.6) is 0 Å². The van der Waals surface area contributed by atoms with Crippen LogP contribution in [0.15, 0.2) is 42.6 Å². The topological polar surface area (TPSA) is 39.7 Å². The van der Waals surface area contributed by atoms with Gasteiger partial charge in [0.25, 0.3) is 5.91 Å². The maximum absolute atomic E-state index is 13.0. The molecule has 2 saturated heterocycles. The Labute approximate surface area is 167 Å². The lowest BCUT2D eigenvalue weighted by Crippen LogP contribution is -2.49. The second-order valence-corrected chi connectivity index (χ2v) is 7.42. The smallest absolute Gasteiger partial charge is 0.371 e. The minimum absolute atomic E-state index is 0.130. The third-order valence-electron chi connectivity index (χ3n) is 5.54. The molecule has 2 fully saturated rings. The molecule has 0 N–H and O–H groups in total. The van der Waals surface area contributed by atoms with E-state index < -0.39 is 11.7 Å². The number of carbonyl (C=O) groups is 1. The van der Waals surface area contributed by atoms with Gasteiger partial charge in [-0.2, -0.15) is 13.2 Å². The fourth-order valence-electron chi connectivity index (χ4n) is 3.92. The molecule has 154 valence electrons. The first-order valence-corrected chi connectivity index (χ1v) is 9.84. The number of anilines is 2. The van der Waals surface area contributed by atoms with Crippen LogP contribution in [0.25, 0.3) is 0 Å². The van der Waals surface area contributed by atoms with E-state index in [1.807, 2.05) is 17.0 Å². The highest BCUT2D eigenvalue weighted by Crippen LogP contribution is 2.32. The summed E-state index contributed by atoms with van der Waals surface area (Å²) in [6.07, 6.45) is -0.383. The molecule has 0 spiro atoms. The largest absolute Gasteiger partial charge is 0.416 e. The molecule has 4 rings (SSSR count). The predicted molar refractivity (Wildman–Crippen MR) is 105 cm³/mol. The molecule has 29 heavy (non-hydrogen) atoms. The number of pyridine rings is 1. The van der Waals surface area contributed by atoms with Crippen molar-refractivity contribution in [2.75, 3.05) is 49.1 Å². The Kier molecular flexibility index (Phi) is 5.34. The number of aromatic nitrogens is 1. The van der Waals surface area contributed by atoms with Crippen LogP contribution >= 0.6 is 0 Å². The van der Waals surface area contributed by atoms with Crippen molar-refractivity contribution in [2.45, 2.75) is 19.0 Å². The van der Waals surface area contributed by atoms with Crippen molar-refractivity contribution in [1.82, 2.24) is 9.88 Å². The zero-order valence-corrected chi connectivity index (χ0v) is 16.0. The Bertz CT molecular complexity index is 872. The molecule has 0 unspecified atom stereocenters. The van der Waals surface area contributed by atoms with Crippen molar-refractivity contribution >= 4 is 17.3 Å². The molecule has 1 amide bonds. The van der Waals surface area contributed by atoms with E-state index >= 15 is 0 Å². The summed E-state index contributed by atoms with van der Waals surface area (Å²) < 4.78 is 38.9. The van der Waals surface area contributed by atoms with E-state index in [1.165, 1.54) is 12.1 Å². The summed E-state index contributed by atoms with van der Waals surface area (Å²) in [6, 6.07) is 9.10. The van der Waals surface area contributed by atoms with Crippen molar-refractivity contribution in [1.29, 1.82) is 0 Å². The molecule has 2 aliphatic rings. The number of hydrogen-bond donors (Lipinski definition) is 0. The lowest BCUT2D eigenvalue weighted by Gasteiger charge is -2.36. The lowest BCUT2D eigenvalue weighted by atomic mass is 10.1. The Hall–Kier alpha value is -2.77. The molecule has 0 bridgehead atoms. The van der Waals surface area contributed by atoms with Crippen LogP contribution in [0, 0.1) is 0 Å². The molecular formula is C21H23F3N4O. The van der Waals surface area contributed by atoms with Gasteiger partial charge in [-0.25, -0.2) is 0 Å². The van der Waals surface area contributed by atoms with Crippen LogP contribution in [0.4, 0.5) is 24.5 Å². The number of rotatable bonds is 3. The van der Waals surface area contributed by atoms with Gasteiger partial charge >= 0.3 is 6.18 Å². The third-order valence-corrected chi connectivity index (χ3v) is 5.54. The number of benzene rings is 1. The number of hydrogen-bond acceptors (Lipinski definition) is 4. The van der Waals surface area contributed by atoms with Crippen molar-refractivity contribution in [3.8, 4) is 0 Å². The van der Waals surface area contributed by atoms with E-state index in [4.69, 9.17) is 0 Å². The molecule has 0 saturated carbocycles. The zero-order valence-electron chi connectivity index (χ0n) is 16.0. The van der Waals surface area contributed by atoms with Gasteiger partial charge in [-0.05, 0) is 43.2 Å². The average Bonchev–Trinajstić information content (AvgIpc) is 3.28. The Morgan fingerprint density at radius 1 is 0.862 bits per heavy atom. The van der Waals surface area contributed by atoms with Crippen molar-refractivity contribution < 1.29 is 18.0 Å². The number of nitrogens with zero attached hydrogens (tertiary/aromatic N) is 4. The number of alkyl halides is 3. The minimum Gasteiger partial charge on any atom is -0.371 e. The van der Waals surface area contributed by atoms with E-state index in [2.05, 4.69) is 9.88 Å². The first-order chi connectivity index (χ1) is 13.9. The molecule has 1 aromatic carbocycles. The fraction of sp³-hybridized carbons (Fsp3) is 0.429. The average molecular weight is 404 g/mol. The summed E-state index contributed by atoms with van der Waals surface area (Å²) >= 11 is 0. The molecule has 0 aliphatic carbocycles. The number of carbonyl (C=O) groups excluding carboxylic acids is 1. The molecule has 1 aromatic heterocycles. The fourth-order valence-corrected chi connectivity index (χ4v) is 3.92. The molecular weight excluding hydrogens is 381 g/mol. The molecule has 0 radical (unpaired) electrons. The summed E-state index contributed by atoms with van der Waals surface area (Å²) in [7, 11) is 0. The van der Waals surface area contributed by atoms with Crippen LogP contribution in [-0.4, -0.2) is 55.1 Å². The standard InChI is InChI=1S/C21H23F3N4O/c22-21(23,24)16-4-3-5-17(14-16)27-10-12-28(13-11-27)20(29)19-15-18(6-7-25-19)26-8-1-2-9-26/h3-7,14-15H,1-2,8-13H2. The van der Waals surface area contributed by atoms with Crippen LogP contribution < -0.4 is 9.80 Å². The van der Waals surface area contributed by atoms with Gasteiger partial charge in [0, 0.05) is 56.8 Å². The maximum Gasteiger partial charge on any atom is 0.416 e. The molecule has 0 atom stereocenters. The zero-order chi connectivity index (χ0) is 20.4. The highest BCUT2D eigenvalue weighted by atomic mass is 19.4. The van der Waals surface area contributed by atoms with Gasteiger partial charge < -0.3 is 14.7 Å². The second kappa shape index (κ2) is 7.93. The van der Waals surface area contributed by atoms with Crippen molar-refractivity contribution in [3.63, 3.8) is 0 Å². The summed E-state index contributed by atoms with van der Waals surface area (Å²) in [5.41, 5.74) is 1.31. The molecule has 2 aliphatic heterocycles. The van der Waals surface area contributed by atoms with Gasteiger partial charge in [0.1, 0.15) is 5.69 Å². The monoisotopic (exact) mass is 404 g/mol. The number of amides is 1. The van der Waals surface area contributed by atoms with Crippen LogP contribution in [0.2, 0.25) is 0 Å². The van der Waals surface area contributed by atoms with Crippen molar-refractivity contribution in [3.05, 3.63) is 53.9 Å². The maximum atomic E-state index is 13.0. The molecule has 8 heteroatoms. The van der Waals surface area contributed by atoms with Gasteiger partial charge in [0.15, 0.2) is 0 Å². The van der Waals surface area contributed by atoms with E-state index in [9.17, 15) is 18.0 Å². The van der Waals surface area contributed by atoms with E-state index in [-0.39, 0.29) is 5.91 Å². The van der Waals surface area contributed by atoms with E-state index in [0.717, 1.165) is 37.7 Å². The summed E-state index contributed by atoms with van der Waals surface area (Å²) in [4.78, 5) is 23.0. The van der Waals surface area contributed by atoms with Crippen LogP contribution in [0.1, 0.15) is 28.9 Å². The lowest BCUT2D eigenvalue weighted by molar-refractivity contribution is -0.137. The van der Waals surface area contributed by atoms with E-state index in [1.54, 1.807) is 17.2 Å². The minimum atomic E-state index is -4.36. The summed E-state index contributed by atoms with van der Waals surface area (Å²) in [5.74, 6) is -0.130. The Morgan fingerprint density at radius 3 is 2.21 bits per heavy atom. The first kappa shape index (κ1) is 19.5. The molecule has 3 heterocycles. The quantitative estimate of drug-likeness (QED) is 0.783. The van der Waals surface area contributed by atoms with Gasteiger partial charge in [0.05, 0.1) is 5.56 Å². The predicted octanol–water partition coefficient (Wildman–Crippen LogP) is 3.66. The van der Waals surface area contributed by atoms with Gasteiger partial charge in [-0.3, -0.25) is 9.78 Å². The van der Waals surface area contributed by atoms with Gasteiger partial charge in [0.2, 0.25) is 0 Å². The number of halogens is 3. The van der Waals surface area contributed by atoms with Gasteiger partial charge in [-0.1, -0.05) is 6.07 Å². The van der Waals surface area contributed by atoms with Crippen LogP contribution in [-0.2, 0) is 6.18 Å². The van der Waals surface area contributed by atoms with Crippen LogP contribution in [0.3, 0.4) is 0 Å². The highest BCUT2D eigenvalue weighted by molar-refractivity contribution is 5.93. The van der Waals surface area contributed by atoms with Crippen molar-refractivity contribution in [2.24, 2.45) is 0 Å². The first-order valence-electron chi connectivity index (χ1n) is 9.84. The molecule has 2 aromatic rings. The third kappa shape index (κ3) is 4.31. The Balaban J connectivity index is 1.41. The van der Waals surface area contributed by atoms with E-state index in [0.29, 0.717) is 37.6 Å². The SMILES string of the molecule is O=C(c1cc(N2CCCC2)ccn1)N1CCN(c2cccc(C(F)(F)F)c2)CC1. The normalized spacial score (nSPS) is 17.7. The second-order valence-electron chi connectivity index (χ2n) is 7.42.